The molecule has 2 heterocycles. The Hall–Kier alpha value is -2.73. The Morgan fingerprint density at radius 2 is 1.73 bits per heavy atom. The molecule has 3 fully saturated rings. The molecule has 2 aliphatic heterocycles. The molecule has 1 unspecified atom stereocenters. The van der Waals surface area contributed by atoms with Crippen LogP contribution in [0.2, 0.25) is 0 Å². The van der Waals surface area contributed by atoms with Crippen molar-refractivity contribution in [3.05, 3.63) is 29.8 Å². The first-order valence-corrected chi connectivity index (χ1v) is 13.2. The SMILES string of the molecule is COC(=O)N1CCN([C@H]2C[C@@H](C(=O)Nc3ccc(C(=O)O)cc3)N(C(O)[C@H]3CC[C@H](CN)CC3)C2)CC1. The van der Waals surface area contributed by atoms with Gasteiger partial charge in [-0.25, -0.2) is 9.59 Å². The number of ether oxygens (including phenoxy) is 1. The minimum absolute atomic E-state index is 0.0694. The highest BCUT2D eigenvalue weighted by Crippen LogP contribution is 2.35. The average Bonchev–Trinajstić information content (AvgIpc) is 3.38. The van der Waals surface area contributed by atoms with Crippen LogP contribution in [0.3, 0.4) is 0 Å². The number of carbonyl (C=O) groups is 3. The minimum atomic E-state index is -1.03. The van der Waals surface area contributed by atoms with Gasteiger partial charge in [0.15, 0.2) is 0 Å². The van der Waals surface area contributed by atoms with Crippen molar-refractivity contribution < 1.29 is 29.3 Å². The molecule has 1 aromatic rings. The van der Waals surface area contributed by atoms with Crippen molar-refractivity contribution >= 4 is 23.7 Å². The number of likely N-dealkylation sites (tertiary alicyclic amines) is 1. The molecule has 1 aliphatic carbocycles. The first-order valence-electron chi connectivity index (χ1n) is 13.2. The van der Waals surface area contributed by atoms with E-state index in [0.717, 1.165) is 25.7 Å². The molecule has 0 spiro atoms. The largest absolute Gasteiger partial charge is 0.478 e. The predicted octanol–water partition coefficient (Wildman–Crippen LogP) is 1.23. The second-order valence-corrected chi connectivity index (χ2v) is 10.4. The van der Waals surface area contributed by atoms with E-state index in [9.17, 15) is 19.5 Å². The molecule has 0 radical (unpaired) electrons. The molecule has 1 saturated carbocycles. The molecule has 4 rings (SSSR count). The van der Waals surface area contributed by atoms with E-state index in [0.29, 0.717) is 57.3 Å². The van der Waals surface area contributed by atoms with Gasteiger partial charge in [-0.15, -0.1) is 0 Å². The zero-order chi connectivity index (χ0) is 26.5. The topological polar surface area (TPSA) is 149 Å². The number of piperazine rings is 1. The number of nitrogens with two attached hydrogens (primary N) is 1. The van der Waals surface area contributed by atoms with Gasteiger partial charge in [-0.1, -0.05) is 0 Å². The molecule has 0 bridgehead atoms. The highest BCUT2D eigenvalue weighted by Gasteiger charge is 2.45. The van der Waals surface area contributed by atoms with Gasteiger partial charge in [0.1, 0.15) is 6.23 Å². The van der Waals surface area contributed by atoms with Gasteiger partial charge >= 0.3 is 12.1 Å². The van der Waals surface area contributed by atoms with E-state index >= 15 is 0 Å². The third-order valence-corrected chi connectivity index (χ3v) is 8.27. The van der Waals surface area contributed by atoms with E-state index < -0.39 is 18.2 Å². The average molecular weight is 518 g/mol. The van der Waals surface area contributed by atoms with Crippen molar-refractivity contribution in [2.75, 3.05) is 51.7 Å². The van der Waals surface area contributed by atoms with Crippen molar-refractivity contribution in [2.45, 2.75) is 50.4 Å². The third kappa shape index (κ3) is 6.40. The van der Waals surface area contributed by atoms with Crippen LogP contribution >= 0.6 is 0 Å². The van der Waals surface area contributed by atoms with Crippen LogP contribution in [0, 0.1) is 11.8 Å². The number of aliphatic hydroxyl groups is 1. The molecule has 2 saturated heterocycles. The monoisotopic (exact) mass is 517 g/mol. The van der Waals surface area contributed by atoms with Crippen LogP contribution < -0.4 is 11.1 Å². The van der Waals surface area contributed by atoms with Crippen LogP contribution in [0.15, 0.2) is 24.3 Å². The van der Waals surface area contributed by atoms with Gasteiger partial charge in [0.25, 0.3) is 0 Å². The Morgan fingerprint density at radius 3 is 2.30 bits per heavy atom. The van der Waals surface area contributed by atoms with Crippen molar-refractivity contribution in [1.82, 2.24) is 14.7 Å². The summed E-state index contributed by atoms with van der Waals surface area (Å²) in [6.45, 7) is 3.69. The number of aromatic carboxylic acids is 1. The second-order valence-electron chi connectivity index (χ2n) is 10.4. The van der Waals surface area contributed by atoms with Crippen molar-refractivity contribution in [3.8, 4) is 0 Å². The van der Waals surface area contributed by atoms with Crippen LogP contribution in [0.5, 0.6) is 0 Å². The van der Waals surface area contributed by atoms with Crippen LogP contribution in [-0.2, 0) is 9.53 Å². The summed E-state index contributed by atoms with van der Waals surface area (Å²) in [4.78, 5) is 42.4. The molecule has 2 amide bonds. The lowest BCUT2D eigenvalue weighted by Crippen LogP contribution is -2.53. The molecule has 3 atom stereocenters. The Morgan fingerprint density at radius 1 is 1.08 bits per heavy atom. The van der Waals surface area contributed by atoms with Crippen LogP contribution in [0.4, 0.5) is 10.5 Å². The second kappa shape index (κ2) is 12.2. The van der Waals surface area contributed by atoms with Gasteiger partial charge in [-0.3, -0.25) is 14.6 Å². The number of amides is 2. The number of aliphatic hydroxyl groups excluding tert-OH is 1. The summed E-state index contributed by atoms with van der Waals surface area (Å²) in [7, 11) is 1.38. The number of methoxy groups -OCH3 is 1. The molecule has 5 N–H and O–H groups in total. The van der Waals surface area contributed by atoms with Crippen LogP contribution in [0.1, 0.15) is 42.5 Å². The van der Waals surface area contributed by atoms with Crippen LogP contribution in [-0.4, -0.2) is 108 Å². The summed E-state index contributed by atoms with van der Waals surface area (Å²) in [5, 5.41) is 23.5. The number of anilines is 1. The summed E-state index contributed by atoms with van der Waals surface area (Å²) in [5.41, 5.74) is 6.51. The standard InChI is InChI=1S/C26H39N5O6/c1-37-26(36)30-12-10-29(11-13-30)21-14-22(23(32)28-20-8-6-19(7-9-20)25(34)35)31(16-21)24(33)18-4-2-17(15-27)3-5-18/h6-9,17-18,21-22,24,33H,2-5,10-16,27H2,1H3,(H,28,32)(H,34,35)/t17-,18-,21-,22-,24?/m0/s1. The summed E-state index contributed by atoms with van der Waals surface area (Å²) < 4.78 is 4.84. The number of carbonyl (C=O) groups excluding carboxylic acids is 2. The van der Waals surface area contributed by atoms with Gasteiger partial charge in [0.05, 0.1) is 18.7 Å². The fraction of sp³-hybridized carbons (Fsp3) is 0.654. The number of carboxylic acid groups (broad SMARTS) is 1. The molecule has 204 valence electrons. The number of nitrogens with one attached hydrogen (secondary N) is 1. The maximum Gasteiger partial charge on any atom is 0.409 e. The first-order chi connectivity index (χ1) is 17.8. The fourth-order valence-corrected chi connectivity index (χ4v) is 5.97. The summed E-state index contributed by atoms with van der Waals surface area (Å²) in [6, 6.07) is 5.62. The Labute approximate surface area is 217 Å². The van der Waals surface area contributed by atoms with Gasteiger partial charge in [-0.2, -0.15) is 0 Å². The highest BCUT2D eigenvalue weighted by molar-refractivity contribution is 5.96. The number of rotatable bonds is 7. The third-order valence-electron chi connectivity index (χ3n) is 8.27. The summed E-state index contributed by atoms with van der Waals surface area (Å²) in [5.74, 6) is -0.660. The number of hydrogen-bond donors (Lipinski definition) is 4. The quantitative estimate of drug-likeness (QED) is 0.419. The van der Waals surface area contributed by atoms with Crippen molar-refractivity contribution in [2.24, 2.45) is 17.6 Å². The van der Waals surface area contributed by atoms with Crippen molar-refractivity contribution in [3.63, 3.8) is 0 Å². The molecule has 1 aromatic carbocycles. The summed E-state index contributed by atoms with van der Waals surface area (Å²) >= 11 is 0. The normalized spacial score (nSPS) is 28.0. The van der Waals surface area contributed by atoms with Crippen molar-refractivity contribution in [1.29, 1.82) is 0 Å². The Kier molecular flexibility index (Phi) is 9.01. The molecular weight excluding hydrogens is 478 g/mol. The molecule has 37 heavy (non-hydrogen) atoms. The number of carboxylic acids is 1. The lowest BCUT2D eigenvalue weighted by Gasteiger charge is -2.39. The van der Waals surface area contributed by atoms with E-state index in [1.807, 2.05) is 4.90 Å². The number of hydrogen-bond acceptors (Lipinski definition) is 8. The highest BCUT2D eigenvalue weighted by atomic mass is 16.5. The minimum Gasteiger partial charge on any atom is -0.478 e. The maximum absolute atomic E-state index is 13.5. The molecule has 0 aromatic heterocycles. The van der Waals surface area contributed by atoms with E-state index in [1.165, 1.54) is 19.2 Å². The van der Waals surface area contributed by atoms with Gasteiger partial charge in [-0.05, 0) is 74.8 Å². The zero-order valence-electron chi connectivity index (χ0n) is 21.4. The molecule has 3 aliphatic rings. The van der Waals surface area contributed by atoms with Gasteiger partial charge < -0.3 is 30.9 Å². The Bertz CT molecular complexity index is 943. The Balaban J connectivity index is 1.45. The van der Waals surface area contributed by atoms with E-state index in [1.54, 1.807) is 17.0 Å². The number of benzene rings is 1. The first kappa shape index (κ1) is 27.3. The smallest absolute Gasteiger partial charge is 0.409 e. The van der Waals surface area contributed by atoms with Crippen LogP contribution in [0.25, 0.3) is 0 Å². The maximum atomic E-state index is 13.5. The van der Waals surface area contributed by atoms with E-state index in [-0.39, 0.29) is 29.5 Å². The molecule has 11 nitrogen and oxygen atoms in total. The summed E-state index contributed by atoms with van der Waals surface area (Å²) in [6.07, 6.45) is 3.23. The molecular formula is C26H39N5O6. The lowest BCUT2D eigenvalue weighted by molar-refractivity contribution is -0.127. The zero-order valence-corrected chi connectivity index (χ0v) is 21.4. The lowest BCUT2D eigenvalue weighted by atomic mass is 9.81. The van der Waals surface area contributed by atoms with E-state index in [4.69, 9.17) is 15.6 Å². The fourth-order valence-electron chi connectivity index (χ4n) is 5.97. The molecule has 11 heteroatoms. The predicted molar refractivity (Wildman–Crippen MR) is 137 cm³/mol. The van der Waals surface area contributed by atoms with Gasteiger partial charge in [0.2, 0.25) is 5.91 Å². The van der Waals surface area contributed by atoms with Gasteiger partial charge in [0, 0.05) is 44.5 Å². The number of nitrogens with zero attached hydrogens (tertiary/aromatic N) is 3. The van der Waals surface area contributed by atoms with E-state index in [2.05, 4.69) is 10.2 Å².